The van der Waals surface area contributed by atoms with E-state index in [1.54, 1.807) is 0 Å². The highest BCUT2D eigenvalue weighted by molar-refractivity contribution is 6.32. The summed E-state index contributed by atoms with van der Waals surface area (Å²) in [7, 11) is 0. The number of phenolic OH excluding ortho intramolecular Hbond substituents is 1. The predicted octanol–water partition coefficient (Wildman–Crippen LogP) is 4.13. The average molecular weight is 391 g/mol. The first kappa shape index (κ1) is 19.1. The van der Waals surface area contributed by atoms with E-state index in [1.165, 1.54) is 31.2 Å². The van der Waals surface area contributed by atoms with Gasteiger partial charge in [-0.15, -0.1) is 0 Å². The van der Waals surface area contributed by atoms with Gasteiger partial charge in [-0.2, -0.15) is 23.3 Å². The van der Waals surface area contributed by atoms with Crippen molar-refractivity contribution < 1.29 is 28.0 Å². The van der Waals surface area contributed by atoms with Gasteiger partial charge in [0.1, 0.15) is 0 Å². The van der Waals surface area contributed by atoms with Crippen molar-refractivity contribution in [3.05, 3.63) is 69.3 Å². The second kappa shape index (κ2) is 6.80. The van der Waals surface area contributed by atoms with Crippen molar-refractivity contribution in [3.63, 3.8) is 0 Å². The summed E-state index contributed by atoms with van der Waals surface area (Å²) < 4.78 is 38.7. The fourth-order valence-electron chi connectivity index (χ4n) is 2.62. The topological polar surface area (TPSA) is 96.0 Å². The number of aromatic hydroxyl groups is 1. The normalized spacial score (nSPS) is 15.9. The van der Waals surface area contributed by atoms with Crippen LogP contribution in [0, 0.1) is 10.1 Å². The molecule has 7 nitrogen and oxygen atoms in total. The van der Waals surface area contributed by atoms with Crippen molar-refractivity contribution in [2.24, 2.45) is 5.10 Å². The van der Waals surface area contributed by atoms with Crippen LogP contribution in [0.5, 0.6) is 5.75 Å². The number of alkyl halides is 3. The molecule has 1 heterocycles. The van der Waals surface area contributed by atoms with Gasteiger partial charge in [0.05, 0.1) is 27.5 Å². The number of halogens is 3. The molecule has 2 aromatic carbocycles. The van der Waals surface area contributed by atoms with Crippen molar-refractivity contribution in [3.8, 4) is 5.75 Å². The van der Waals surface area contributed by atoms with Gasteiger partial charge in [0, 0.05) is 6.07 Å². The van der Waals surface area contributed by atoms with E-state index in [0.717, 1.165) is 29.3 Å². The molecule has 0 bridgehead atoms. The Kier molecular flexibility index (Phi) is 4.63. The molecule has 3 rings (SSSR count). The Hall–Kier alpha value is -3.69. The number of hydrogen-bond acceptors (Lipinski definition) is 5. The summed E-state index contributed by atoms with van der Waals surface area (Å²) in [5.41, 5.74) is -0.954. The predicted molar refractivity (Wildman–Crippen MR) is 94.8 cm³/mol. The molecule has 0 atom stereocenters. The van der Waals surface area contributed by atoms with Crippen LogP contribution in [0.1, 0.15) is 18.1 Å². The van der Waals surface area contributed by atoms with Crippen molar-refractivity contribution in [1.82, 2.24) is 0 Å². The maximum absolute atomic E-state index is 12.9. The van der Waals surface area contributed by atoms with Crippen molar-refractivity contribution in [2.75, 3.05) is 5.01 Å². The van der Waals surface area contributed by atoms with Crippen LogP contribution in [0.15, 0.2) is 53.1 Å². The van der Waals surface area contributed by atoms with E-state index in [2.05, 4.69) is 5.10 Å². The molecule has 0 aromatic heterocycles. The number of hydrogen-bond donors (Lipinski definition) is 1. The highest BCUT2D eigenvalue weighted by atomic mass is 19.4. The van der Waals surface area contributed by atoms with E-state index in [9.17, 15) is 33.2 Å². The van der Waals surface area contributed by atoms with Gasteiger partial charge in [-0.1, -0.05) is 12.1 Å². The molecule has 144 valence electrons. The molecule has 1 N–H and O–H groups in total. The van der Waals surface area contributed by atoms with E-state index in [-0.39, 0.29) is 22.5 Å². The number of carbonyl (C=O) groups is 1. The number of nitro groups is 1. The van der Waals surface area contributed by atoms with Crippen molar-refractivity contribution >= 4 is 29.1 Å². The molecule has 1 aliphatic rings. The number of carbonyl (C=O) groups excluding carboxylic acids is 1. The number of nitro benzene ring substituents is 1. The number of amides is 1. The Labute approximate surface area is 156 Å². The first-order chi connectivity index (χ1) is 13.1. The summed E-state index contributed by atoms with van der Waals surface area (Å²) in [6.07, 6.45) is -3.25. The summed E-state index contributed by atoms with van der Waals surface area (Å²) in [6.45, 7) is 1.49. The van der Waals surface area contributed by atoms with Crippen LogP contribution in [0.25, 0.3) is 6.08 Å². The number of anilines is 1. The van der Waals surface area contributed by atoms with Gasteiger partial charge in [-0.05, 0) is 42.8 Å². The summed E-state index contributed by atoms with van der Waals surface area (Å²) in [5, 5.41) is 25.3. The van der Waals surface area contributed by atoms with Gasteiger partial charge >= 0.3 is 11.9 Å². The Balaban J connectivity index is 1.97. The minimum Gasteiger partial charge on any atom is -0.502 e. The maximum atomic E-state index is 12.9. The molecule has 1 aliphatic heterocycles. The smallest absolute Gasteiger partial charge is 0.416 e. The second-order valence-corrected chi connectivity index (χ2v) is 5.91. The zero-order valence-corrected chi connectivity index (χ0v) is 14.3. The fourth-order valence-corrected chi connectivity index (χ4v) is 2.62. The molecule has 1 amide bonds. The number of hydrazone groups is 1. The van der Waals surface area contributed by atoms with E-state index >= 15 is 0 Å². The Morgan fingerprint density at radius 2 is 1.93 bits per heavy atom. The van der Waals surface area contributed by atoms with Gasteiger partial charge < -0.3 is 5.11 Å². The molecular weight excluding hydrogens is 379 g/mol. The van der Waals surface area contributed by atoms with Crippen LogP contribution in [-0.2, 0) is 11.0 Å². The van der Waals surface area contributed by atoms with Crippen LogP contribution in [0.3, 0.4) is 0 Å². The Morgan fingerprint density at radius 3 is 2.57 bits per heavy atom. The zero-order valence-electron chi connectivity index (χ0n) is 14.3. The Bertz CT molecular complexity index is 1040. The largest absolute Gasteiger partial charge is 0.502 e. The first-order valence-corrected chi connectivity index (χ1v) is 7.84. The van der Waals surface area contributed by atoms with Crippen LogP contribution in [0.2, 0.25) is 0 Å². The second-order valence-electron chi connectivity index (χ2n) is 5.91. The minimum absolute atomic E-state index is 0.0562. The SMILES string of the molecule is CC1=NN(c2cccc(C(F)(F)F)c2)C(=O)C1=Cc1ccc(O)c([N+](=O)[O-])c1. The lowest BCUT2D eigenvalue weighted by Gasteiger charge is -2.14. The van der Waals surface area contributed by atoms with E-state index < -0.39 is 34.0 Å². The molecule has 0 unspecified atom stereocenters. The summed E-state index contributed by atoms with van der Waals surface area (Å²) in [5.74, 6) is -1.20. The lowest BCUT2D eigenvalue weighted by atomic mass is 10.1. The zero-order chi connectivity index (χ0) is 20.6. The van der Waals surface area contributed by atoms with Crippen LogP contribution < -0.4 is 5.01 Å². The molecule has 2 aromatic rings. The number of rotatable bonds is 3. The van der Waals surface area contributed by atoms with Crippen LogP contribution in [0.4, 0.5) is 24.5 Å². The fraction of sp³-hybridized carbons (Fsp3) is 0.111. The highest BCUT2D eigenvalue weighted by Gasteiger charge is 2.33. The molecule has 0 saturated carbocycles. The molecule has 0 radical (unpaired) electrons. The lowest BCUT2D eigenvalue weighted by molar-refractivity contribution is -0.385. The standard InChI is InChI=1S/C18H12F3N3O4/c1-10-14(7-11-5-6-16(25)15(8-11)24(27)28)17(26)23(22-10)13-4-2-3-12(9-13)18(19,20)21/h2-9,25H,1H3. The molecular formula is C18H12F3N3O4. The van der Waals surface area contributed by atoms with Gasteiger partial charge in [0.15, 0.2) is 5.75 Å². The van der Waals surface area contributed by atoms with Gasteiger partial charge in [0.2, 0.25) is 0 Å². The lowest BCUT2D eigenvalue weighted by Crippen LogP contribution is -2.21. The van der Waals surface area contributed by atoms with Gasteiger partial charge in [0.25, 0.3) is 5.91 Å². The third kappa shape index (κ3) is 3.56. The monoisotopic (exact) mass is 391 g/mol. The third-order valence-corrected chi connectivity index (χ3v) is 3.99. The molecule has 0 spiro atoms. The van der Waals surface area contributed by atoms with Crippen molar-refractivity contribution in [2.45, 2.75) is 13.1 Å². The third-order valence-electron chi connectivity index (χ3n) is 3.99. The van der Waals surface area contributed by atoms with Gasteiger partial charge in [-0.25, -0.2) is 0 Å². The van der Waals surface area contributed by atoms with E-state index in [0.29, 0.717) is 0 Å². The van der Waals surface area contributed by atoms with E-state index in [1.807, 2.05) is 0 Å². The first-order valence-electron chi connectivity index (χ1n) is 7.84. The quantitative estimate of drug-likeness (QED) is 0.483. The number of benzene rings is 2. The van der Waals surface area contributed by atoms with Crippen LogP contribution >= 0.6 is 0 Å². The van der Waals surface area contributed by atoms with E-state index in [4.69, 9.17) is 0 Å². The molecule has 0 fully saturated rings. The molecule has 10 heteroatoms. The minimum atomic E-state index is -4.57. The molecule has 0 aliphatic carbocycles. The van der Waals surface area contributed by atoms with Crippen LogP contribution in [-0.4, -0.2) is 21.6 Å². The Morgan fingerprint density at radius 1 is 1.21 bits per heavy atom. The molecule has 0 saturated heterocycles. The van der Waals surface area contributed by atoms with Crippen molar-refractivity contribution in [1.29, 1.82) is 0 Å². The van der Waals surface area contributed by atoms with Gasteiger partial charge in [-0.3, -0.25) is 14.9 Å². The summed E-state index contributed by atoms with van der Waals surface area (Å²) in [4.78, 5) is 22.8. The maximum Gasteiger partial charge on any atom is 0.416 e. The number of phenols is 1. The highest BCUT2D eigenvalue weighted by Crippen LogP contribution is 2.34. The number of nitrogens with zero attached hydrogens (tertiary/aromatic N) is 3. The molecule has 28 heavy (non-hydrogen) atoms. The average Bonchev–Trinajstić information content (AvgIpc) is 2.90. The summed E-state index contributed by atoms with van der Waals surface area (Å²) >= 11 is 0. The summed E-state index contributed by atoms with van der Waals surface area (Å²) in [6, 6.07) is 7.73.